The van der Waals surface area contributed by atoms with Crippen molar-refractivity contribution >= 4 is 11.9 Å². The Labute approximate surface area is 111 Å². The van der Waals surface area contributed by atoms with Crippen LogP contribution in [0.5, 0.6) is 5.75 Å². The fraction of sp³-hybridized carbons (Fsp3) is 0.615. The summed E-state index contributed by atoms with van der Waals surface area (Å²) in [6.45, 7) is 2.39. The molecule has 0 aromatic carbocycles. The van der Waals surface area contributed by atoms with Gasteiger partial charge in [-0.1, -0.05) is 0 Å². The number of carbonyl (C=O) groups is 1. The molecule has 2 aliphatic heterocycles. The molecule has 1 spiro atoms. The Hall–Kier alpha value is -1.85. The van der Waals surface area contributed by atoms with Crippen molar-refractivity contribution in [2.24, 2.45) is 5.41 Å². The van der Waals surface area contributed by atoms with Gasteiger partial charge in [-0.05, 0) is 25.7 Å². The van der Waals surface area contributed by atoms with E-state index >= 15 is 0 Å². The molecule has 2 saturated heterocycles. The molecule has 0 bridgehead atoms. The van der Waals surface area contributed by atoms with Crippen molar-refractivity contribution in [3.8, 4) is 5.75 Å². The van der Waals surface area contributed by atoms with Crippen LogP contribution in [0.2, 0.25) is 0 Å². The van der Waals surface area contributed by atoms with Gasteiger partial charge in [0.25, 0.3) is 0 Å². The van der Waals surface area contributed by atoms with E-state index in [0.29, 0.717) is 5.95 Å². The predicted octanol–water partition coefficient (Wildman–Crippen LogP) is 0.679. The van der Waals surface area contributed by atoms with Crippen LogP contribution in [0.4, 0.5) is 5.95 Å². The highest BCUT2D eigenvalue weighted by Crippen LogP contribution is 2.38. The number of hydrogen-bond acceptors (Lipinski definition) is 5. The fourth-order valence-corrected chi connectivity index (χ4v) is 3.02. The molecular formula is C13H18N4O2. The lowest BCUT2D eigenvalue weighted by Crippen LogP contribution is -2.52. The van der Waals surface area contributed by atoms with Crippen LogP contribution in [0.1, 0.15) is 25.7 Å². The minimum absolute atomic E-state index is 0.0730. The molecule has 19 heavy (non-hydrogen) atoms. The van der Waals surface area contributed by atoms with E-state index < -0.39 is 0 Å². The minimum atomic E-state index is -0.175. The highest BCUT2D eigenvalue weighted by molar-refractivity contribution is 5.83. The smallest absolute Gasteiger partial charge is 0.226 e. The summed E-state index contributed by atoms with van der Waals surface area (Å²) in [6.07, 6.45) is 6.57. The van der Waals surface area contributed by atoms with Gasteiger partial charge in [-0.15, -0.1) is 0 Å². The maximum atomic E-state index is 12.1. The third kappa shape index (κ3) is 2.22. The van der Waals surface area contributed by atoms with Gasteiger partial charge in [0.1, 0.15) is 0 Å². The summed E-state index contributed by atoms with van der Waals surface area (Å²) in [4.78, 5) is 22.4. The molecular weight excluding hydrogens is 244 g/mol. The Morgan fingerprint density at radius 2 is 1.89 bits per heavy atom. The Balaban J connectivity index is 1.69. The Morgan fingerprint density at radius 3 is 2.53 bits per heavy atom. The highest BCUT2D eigenvalue weighted by Gasteiger charge is 2.42. The molecule has 0 atom stereocenters. The van der Waals surface area contributed by atoms with Gasteiger partial charge in [0.05, 0.1) is 17.8 Å². The molecule has 0 aliphatic carbocycles. The number of rotatable bonds is 1. The molecule has 0 saturated carbocycles. The molecule has 1 aromatic rings. The second-order valence-electron chi connectivity index (χ2n) is 5.37. The van der Waals surface area contributed by atoms with Crippen molar-refractivity contribution in [2.75, 3.05) is 24.5 Å². The van der Waals surface area contributed by atoms with Crippen molar-refractivity contribution in [1.29, 1.82) is 0 Å². The van der Waals surface area contributed by atoms with Crippen LogP contribution in [0.15, 0.2) is 12.4 Å². The van der Waals surface area contributed by atoms with Crippen LogP contribution in [0.25, 0.3) is 0 Å². The number of amides is 1. The van der Waals surface area contributed by atoms with Crippen LogP contribution in [0.3, 0.4) is 0 Å². The van der Waals surface area contributed by atoms with Crippen LogP contribution in [0, 0.1) is 5.41 Å². The van der Waals surface area contributed by atoms with Gasteiger partial charge in [-0.2, -0.15) is 0 Å². The number of aromatic nitrogens is 2. The van der Waals surface area contributed by atoms with E-state index in [2.05, 4.69) is 20.2 Å². The standard InChI is InChI=1S/C13H18N4O2/c18-10-8-15-12(16-9-10)17-6-3-13(4-7-17)2-1-5-14-11(13)19/h8-9,18H,1-7H2,(H,14,19). The number of nitrogens with zero attached hydrogens (tertiary/aromatic N) is 3. The molecule has 6 nitrogen and oxygen atoms in total. The average Bonchev–Trinajstić information content (AvgIpc) is 2.44. The summed E-state index contributed by atoms with van der Waals surface area (Å²) in [5, 5.41) is 12.2. The summed E-state index contributed by atoms with van der Waals surface area (Å²) in [6, 6.07) is 0. The molecule has 0 unspecified atom stereocenters. The second-order valence-corrected chi connectivity index (χ2v) is 5.37. The van der Waals surface area contributed by atoms with E-state index in [4.69, 9.17) is 0 Å². The van der Waals surface area contributed by atoms with E-state index in [9.17, 15) is 9.90 Å². The van der Waals surface area contributed by atoms with E-state index in [-0.39, 0.29) is 17.1 Å². The van der Waals surface area contributed by atoms with E-state index in [1.54, 1.807) is 0 Å². The van der Waals surface area contributed by atoms with Crippen molar-refractivity contribution in [2.45, 2.75) is 25.7 Å². The van der Waals surface area contributed by atoms with Gasteiger partial charge >= 0.3 is 0 Å². The van der Waals surface area contributed by atoms with Gasteiger partial charge in [0.2, 0.25) is 11.9 Å². The predicted molar refractivity (Wildman–Crippen MR) is 69.8 cm³/mol. The maximum Gasteiger partial charge on any atom is 0.226 e. The second kappa shape index (κ2) is 4.68. The third-order valence-corrected chi connectivity index (χ3v) is 4.23. The van der Waals surface area contributed by atoms with Crippen LogP contribution >= 0.6 is 0 Å². The van der Waals surface area contributed by atoms with Gasteiger partial charge in [0, 0.05) is 19.6 Å². The topological polar surface area (TPSA) is 78.4 Å². The first-order valence-corrected chi connectivity index (χ1v) is 6.74. The summed E-state index contributed by atoms with van der Waals surface area (Å²) in [7, 11) is 0. The van der Waals surface area contributed by atoms with Crippen molar-refractivity contribution in [1.82, 2.24) is 15.3 Å². The molecule has 102 valence electrons. The van der Waals surface area contributed by atoms with E-state index in [0.717, 1.165) is 45.3 Å². The number of carbonyl (C=O) groups excluding carboxylic acids is 1. The lowest BCUT2D eigenvalue weighted by molar-refractivity contribution is -0.134. The molecule has 3 heterocycles. The molecule has 1 aromatic heterocycles. The fourth-order valence-electron chi connectivity index (χ4n) is 3.02. The lowest BCUT2D eigenvalue weighted by Gasteiger charge is -2.42. The molecule has 2 aliphatic rings. The lowest BCUT2D eigenvalue weighted by atomic mass is 9.72. The average molecular weight is 262 g/mol. The highest BCUT2D eigenvalue weighted by atomic mass is 16.3. The van der Waals surface area contributed by atoms with Crippen molar-refractivity contribution in [3.63, 3.8) is 0 Å². The van der Waals surface area contributed by atoms with Crippen molar-refractivity contribution < 1.29 is 9.90 Å². The van der Waals surface area contributed by atoms with Crippen LogP contribution in [-0.2, 0) is 4.79 Å². The molecule has 0 radical (unpaired) electrons. The van der Waals surface area contributed by atoms with E-state index in [1.807, 2.05) is 0 Å². The summed E-state index contributed by atoms with van der Waals surface area (Å²) in [5.74, 6) is 0.915. The molecule has 2 fully saturated rings. The zero-order valence-corrected chi connectivity index (χ0v) is 10.8. The Morgan fingerprint density at radius 1 is 1.21 bits per heavy atom. The SMILES string of the molecule is O=C1NCCCC12CCN(c1ncc(O)cn1)CC2. The summed E-state index contributed by atoms with van der Waals surface area (Å²) < 4.78 is 0. The van der Waals surface area contributed by atoms with Gasteiger partial charge in [0.15, 0.2) is 5.75 Å². The molecule has 6 heteroatoms. The van der Waals surface area contributed by atoms with Gasteiger partial charge < -0.3 is 15.3 Å². The Bertz CT molecular complexity index is 466. The summed E-state index contributed by atoms with van der Waals surface area (Å²) in [5.41, 5.74) is -0.175. The first-order valence-electron chi connectivity index (χ1n) is 6.74. The third-order valence-electron chi connectivity index (χ3n) is 4.23. The number of anilines is 1. The number of piperidine rings is 2. The van der Waals surface area contributed by atoms with Gasteiger partial charge in [-0.25, -0.2) is 9.97 Å². The van der Waals surface area contributed by atoms with E-state index in [1.165, 1.54) is 12.4 Å². The minimum Gasteiger partial charge on any atom is -0.505 e. The van der Waals surface area contributed by atoms with Crippen molar-refractivity contribution in [3.05, 3.63) is 12.4 Å². The van der Waals surface area contributed by atoms with Crippen LogP contribution in [-0.4, -0.2) is 40.6 Å². The first kappa shape index (κ1) is 12.2. The molecule has 1 amide bonds. The number of nitrogens with one attached hydrogen (secondary N) is 1. The largest absolute Gasteiger partial charge is 0.505 e. The maximum absolute atomic E-state index is 12.1. The van der Waals surface area contributed by atoms with Crippen LogP contribution < -0.4 is 10.2 Å². The molecule has 2 N–H and O–H groups in total. The zero-order chi connectivity index (χ0) is 13.3. The molecule has 3 rings (SSSR count). The monoisotopic (exact) mass is 262 g/mol. The number of aromatic hydroxyl groups is 1. The Kier molecular flexibility index (Phi) is 3.00. The normalized spacial score (nSPS) is 22.3. The summed E-state index contributed by atoms with van der Waals surface area (Å²) >= 11 is 0. The quantitative estimate of drug-likeness (QED) is 0.778. The first-order chi connectivity index (χ1) is 9.20. The van der Waals surface area contributed by atoms with Gasteiger partial charge in [-0.3, -0.25) is 4.79 Å². The number of hydrogen-bond donors (Lipinski definition) is 2. The zero-order valence-electron chi connectivity index (χ0n) is 10.8.